The second-order valence-corrected chi connectivity index (χ2v) is 6.06. The van der Waals surface area contributed by atoms with Crippen LogP contribution in [0.2, 0.25) is 0 Å². The van der Waals surface area contributed by atoms with Gasteiger partial charge in [0.15, 0.2) is 0 Å². The Hall–Kier alpha value is -0.910. The fraction of sp³-hybridized carbons (Fsp3) is 0.500. The van der Waals surface area contributed by atoms with Crippen LogP contribution in [0.25, 0.3) is 0 Å². The van der Waals surface area contributed by atoms with Gasteiger partial charge in [-0.05, 0) is 25.1 Å². The van der Waals surface area contributed by atoms with Gasteiger partial charge in [-0.25, -0.2) is 8.42 Å². The van der Waals surface area contributed by atoms with Crippen LogP contribution < -0.4 is 5.32 Å². The van der Waals surface area contributed by atoms with Gasteiger partial charge in [-0.3, -0.25) is 0 Å². The predicted octanol–water partition coefficient (Wildman–Crippen LogP) is 1.06. The molecule has 0 aliphatic carbocycles. The number of nitrogens with one attached hydrogen (secondary N) is 1. The fourth-order valence-electron chi connectivity index (χ4n) is 2.24. The van der Waals surface area contributed by atoms with Crippen molar-refractivity contribution in [2.75, 3.05) is 19.6 Å². The first-order chi connectivity index (χ1) is 8.16. The van der Waals surface area contributed by atoms with Crippen molar-refractivity contribution >= 4 is 10.0 Å². The van der Waals surface area contributed by atoms with Gasteiger partial charge >= 0.3 is 0 Å². The molecule has 2 rings (SSSR count). The van der Waals surface area contributed by atoms with Crippen LogP contribution in [0.1, 0.15) is 13.3 Å². The van der Waals surface area contributed by atoms with Gasteiger partial charge in [0.25, 0.3) is 0 Å². The molecule has 0 saturated carbocycles. The monoisotopic (exact) mass is 254 g/mol. The van der Waals surface area contributed by atoms with E-state index in [-0.39, 0.29) is 6.04 Å². The zero-order valence-corrected chi connectivity index (χ0v) is 10.8. The lowest BCUT2D eigenvalue weighted by Crippen LogP contribution is -2.41. The topological polar surface area (TPSA) is 49.4 Å². The summed E-state index contributed by atoms with van der Waals surface area (Å²) in [4.78, 5) is 0.383. The molecule has 17 heavy (non-hydrogen) atoms. The Labute approximate surface area is 103 Å². The Morgan fingerprint density at radius 3 is 2.59 bits per heavy atom. The molecule has 0 bridgehead atoms. The summed E-state index contributed by atoms with van der Waals surface area (Å²) in [5.74, 6) is 0. The van der Waals surface area contributed by atoms with E-state index in [1.54, 1.807) is 28.6 Å². The van der Waals surface area contributed by atoms with Crippen molar-refractivity contribution in [1.82, 2.24) is 9.62 Å². The van der Waals surface area contributed by atoms with Crippen LogP contribution in [0.5, 0.6) is 0 Å². The number of hydrogen-bond donors (Lipinski definition) is 1. The molecule has 4 nitrogen and oxygen atoms in total. The first-order valence-corrected chi connectivity index (χ1v) is 7.38. The molecule has 0 spiro atoms. The van der Waals surface area contributed by atoms with Gasteiger partial charge < -0.3 is 5.32 Å². The molecule has 1 aliphatic heterocycles. The molecule has 1 aromatic carbocycles. The van der Waals surface area contributed by atoms with Gasteiger partial charge in [0, 0.05) is 19.1 Å². The Morgan fingerprint density at radius 1 is 1.35 bits per heavy atom. The third kappa shape index (κ3) is 2.51. The summed E-state index contributed by atoms with van der Waals surface area (Å²) in [5, 5.41) is 3.20. The Bertz CT molecular complexity index is 453. The first-order valence-electron chi connectivity index (χ1n) is 5.94. The molecular formula is C12H18N2O2S. The third-order valence-corrected chi connectivity index (χ3v) is 5.14. The van der Waals surface area contributed by atoms with Crippen LogP contribution in [-0.4, -0.2) is 38.4 Å². The van der Waals surface area contributed by atoms with E-state index in [0.717, 1.165) is 19.5 Å². The van der Waals surface area contributed by atoms with Crippen LogP contribution >= 0.6 is 0 Å². The quantitative estimate of drug-likeness (QED) is 0.874. The summed E-state index contributed by atoms with van der Waals surface area (Å²) in [6.45, 7) is 4.05. The largest absolute Gasteiger partial charge is 0.315 e. The van der Waals surface area contributed by atoms with Gasteiger partial charge in [-0.15, -0.1) is 0 Å². The summed E-state index contributed by atoms with van der Waals surface area (Å²) in [6.07, 6.45) is 0.889. The average molecular weight is 254 g/mol. The van der Waals surface area contributed by atoms with Crippen LogP contribution in [0.3, 0.4) is 0 Å². The van der Waals surface area contributed by atoms with Crippen LogP contribution in [-0.2, 0) is 10.0 Å². The Kier molecular flexibility index (Phi) is 3.81. The molecule has 1 saturated heterocycles. The van der Waals surface area contributed by atoms with E-state index >= 15 is 0 Å². The molecular weight excluding hydrogens is 236 g/mol. The number of likely N-dealkylation sites (N-methyl/N-ethyl adjacent to an activating group) is 1. The van der Waals surface area contributed by atoms with Crippen molar-refractivity contribution in [3.63, 3.8) is 0 Å². The minimum Gasteiger partial charge on any atom is -0.315 e. The van der Waals surface area contributed by atoms with Crippen LogP contribution in [0.15, 0.2) is 35.2 Å². The smallest absolute Gasteiger partial charge is 0.243 e. The van der Waals surface area contributed by atoms with E-state index in [2.05, 4.69) is 5.32 Å². The van der Waals surface area contributed by atoms with E-state index in [1.807, 2.05) is 13.0 Å². The van der Waals surface area contributed by atoms with Gasteiger partial charge in [0.2, 0.25) is 10.0 Å². The maximum atomic E-state index is 12.4. The molecule has 1 aliphatic rings. The summed E-state index contributed by atoms with van der Waals surface area (Å²) >= 11 is 0. The zero-order chi connectivity index (χ0) is 12.3. The predicted molar refractivity (Wildman–Crippen MR) is 67.3 cm³/mol. The number of nitrogens with zero attached hydrogens (tertiary/aromatic N) is 1. The third-order valence-electron chi connectivity index (χ3n) is 3.10. The fourth-order valence-corrected chi connectivity index (χ4v) is 3.92. The molecule has 1 heterocycles. The standard InChI is InChI=1S/C12H18N2O2S/c1-2-14(11-8-9-13-10-11)17(15,16)12-6-4-3-5-7-12/h3-7,11,13H,2,8-10H2,1H3. The Morgan fingerprint density at radius 2 is 2.06 bits per heavy atom. The maximum absolute atomic E-state index is 12.4. The van der Waals surface area contributed by atoms with Gasteiger partial charge in [-0.2, -0.15) is 4.31 Å². The molecule has 0 aromatic heterocycles. The van der Waals surface area contributed by atoms with Crippen molar-refractivity contribution < 1.29 is 8.42 Å². The average Bonchev–Trinajstić information content (AvgIpc) is 2.84. The summed E-state index contributed by atoms with van der Waals surface area (Å²) in [6, 6.07) is 8.74. The van der Waals surface area contributed by atoms with E-state index in [1.165, 1.54) is 0 Å². The van der Waals surface area contributed by atoms with Gasteiger partial charge in [0.05, 0.1) is 4.90 Å². The number of rotatable bonds is 4. The number of hydrogen-bond acceptors (Lipinski definition) is 3. The molecule has 1 aromatic rings. The van der Waals surface area contributed by atoms with Crippen molar-refractivity contribution in [3.05, 3.63) is 30.3 Å². The van der Waals surface area contributed by atoms with Crippen LogP contribution in [0.4, 0.5) is 0 Å². The SMILES string of the molecule is CCN(C1CCNC1)S(=O)(=O)c1ccccc1. The minimum atomic E-state index is -3.34. The highest BCUT2D eigenvalue weighted by Gasteiger charge is 2.31. The highest BCUT2D eigenvalue weighted by Crippen LogP contribution is 2.20. The van der Waals surface area contributed by atoms with Gasteiger partial charge in [0.1, 0.15) is 0 Å². The highest BCUT2D eigenvalue weighted by atomic mass is 32.2. The van der Waals surface area contributed by atoms with Crippen molar-refractivity contribution in [2.24, 2.45) is 0 Å². The van der Waals surface area contributed by atoms with Crippen molar-refractivity contribution in [2.45, 2.75) is 24.3 Å². The molecule has 1 atom stereocenters. The van der Waals surface area contributed by atoms with E-state index < -0.39 is 10.0 Å². The lowest BCUT2D eigenvalue weighted by atomic mass is 10.3. The van der Waals surface area contributed by atoms with Crippen LogP contribution in [0, 0.1) is 0 Å². The van der Waals surface area contributed by atoms with E-state index in [0.29, 0.717) is 11.4 Å². The van der Waals surface area contributed by atoms with E-state index in [9.17, 15) is 8.42 Å². The summed E-state index contributed by atoms with van der Waals surface area (Å²) < 4.78 is 26.5. The minimum absolute atomic E-state index is 0.0882. The summed E-state index contributed by atoms with van der Waals surface area (Å²) in [7, 11) is -3.34. The lowest BCUT2D eigenvalue weighted by Gasteiger charge is -2.26. The van der Waals surface area contributed by atoms with Crippen molar-refractivity contribution in [3.8, 4) is 0 Å². The first kappa shape index (κ1) is 12.5. The molecule has 1 fully saturated rings. The molecule has 94 valence electrons. The second kappa shape index (κ2) is 5.16. The van der Waals surface area contributed by atoms with Gasteiger partial charge in [-0.1, -0.05) is 25.1 Å². The highest BCUT2D eigenvalue weighted by molar-refractivity contribution is 7.89. The summed E-state index contributed by atoms with van der Waals surface area (Å²) in [5.41, 5.74) is 0. The second-order valence-electron chi connectivity index (χ2n) is 4.17. The number of sulfonamides is 1. The normalized spacial score (nSPS) is 20.9. The maximum Gasteiger partial charge on any atom is 0.243 e. The lowest BCUT2D eigenvalue weighted by molar-refractivity contribution is 0.349. The molecule has 0 radical (unpaired) electrons. The molecule has 1 N–H and O–H groups in total. The molecule has 0 amide bonds. The molecule has 5 heteroatoms. The number of benzene rings is 1. The zero-order valence-electron chi connectivity index (χ0n) is 9.96. The van der Waals surface area contributed by atoms with Crippen molar-refractivity contribution in [1.29, 1.82) is 0 Å². The van der Waals surface area contributed by atoms with E-state index in [4.69, 9.17) is 0 Å². The molecule has 1 unspecified atom stereocenters. The Balaban J connectivity index is 2.29.